The SMILES string of the molecule is CC1=CC=NS(=O)(=O)O1.[K]. The number of hydrogen-bond donors (Lipinski definition) is 0. The molecule has 0 aromatic rings. The van der Waals surface area contributed by atoms with Crippen molar-refractivity contribution in [2.45, 2.75) is 6.92 Å². The molecule has 0 aromatic heterocycles. The van der Waals surface area contributed by atoms with Crippen molar-refractivity contribution < 1.29 is 12.6 Å². The van der Waals surface area contributed by atoms with Gasteiger partial charge >= 0.3 is 10.3 Å². The molecule has 1 heterocycles. The average Bonchev–Trinajstić information content (AvgIpc) is 1.60. The van der Waals surface area contributed by atoms with E-state index in [4.69, 9.17) is 0 Å². The molecular weight excluding hydrogens is 181 g/mol. The number of nitrogens with zero attached hydrogens (tertiary/aromatic N) is 1. The molecule has 0 saturated heterocycles. The molecule has 0 N–H and O–H groups in total. The van der Waals surface area contributed by atoms with Crippen LogP contribution in [-0.2, 0) is 14.5 Å². The van der Waals surface area contributed by atoms with Crippen LogP contribution in [0.15, 0.2) is 16.2 Å². The summed E-state index contributed by atoms with van der Waals surface area (Å²) in [6.45, 7) is 1.54. The topological polar surface area (TPSA) is 55.7 Å². The summed E-state index contributed by atoms with van der Waals surface area (Å²) in [6.07, 6.45) is 2.66. The summed E-state index contributed by atoms with van der Waals surface area (Å²) in [7, 11) is -3.63. The fourth-order valence-electron chi connectivity index (χ4n) is 0.425. The summed E-state index contributed by atoms with van der Waals surface area (Å²) >= 11 is 0. The molecule has 0 amide bonds. The van der Waals surface area contributed by atoms with Crippen molar-refractivity contribution in [1.82, 2.24) is 0 Å². The van der Waals surface area contributed by atoms with E-state index in [1.165, 1.54) is 12.3 Å². The first-order valence-corrected chi connectivity index (χ1v) is 3.63. The van der Waals surface area contributed by atoms with Gasteiger partial charge in [-0.3, -0.25) is 0 Å². The van der Waals surface area contributed by atoms with Crippen LogP contribution in [0.3, 0.4) is 0 Å². The first-order valence-electron chi connectivity index (χ1n) is 2.27. The van der Waals surface area contributed by atoms with Crippen LogP contribution in [0.1, 0.15) is 6.92 Å². The van der Waals surface area contributed by atoms with Gasteiger partial charge in [0, 0.05) is 57.6 Å². The van der Waals surface area contributed by atoms with Gasteiger partial charge in [-0.15, -0.1) is 4.40 Å². The Morgan fingerprint density at radius 3 is 2.50 bits per heavy atom. The zero-order chi connectivity index (χ0) is 6.91. The average molecular weight is 186 g/mol. The van der Waals surface area contributed by atoms with Crippen LogP contribution in [-0.4, -0.2) is 66.0 Å². The first-order chi connectivity index (χ1) is 4.10. The second-order valence-corrected chi connectivity index (χ2v) is 2.78. The molecule has 51 valence electrons. The smallest absolute Gasteiger partial charge is 0.370 e. The maximum absolute atomic E-state index is 10.4. The molecular formula is C4H5KNO3S. The van der Waals surface area contributed by atoms with Crippen LogP contribution >= 0.6 is 0 Å². The van der Waals surface area contributed by atoms with Crippen molar-refractivity contribution in [3.05, 3.63) is 11.8 Å². The molecule has 1 aliphatic heterocycles. The molecule has 6 heteroatoms. The third kappa shape index (κ3) is 3.27. The Balaban J connectivity index is 0.000000810. The van der Waals surface area contributed by atoms with Gasteiger partial charge in [-0.05, 0) is 13.0 Å². The van der Waals surface area contributed by atoms with Crippen molar-refractivity contribution in [3.8, 4) is 0 Å². The van der Waals surface area contributed by atoms with Gasteiger partial charge < -0.3 is 4.18 Å². The van der Waals surface area contributed by atoms with Crippen molar-refractivity contribution in [1.29, 1.82) is 0 Å². The maximum atomic E-state index is 10.4. The summed E-state index contributed by atoms with van der Waals surface area (Å²) < 4.78 is 28.2. The Kier molecular flexibility index (Phi) is 4.30. The van der Waals surface area contributed by atoms with E-state index in [1.807, 2.05) is 0 Å². The molecule has 0 atom stereocenters. The summed E-state index contributed by atoms with van der Waals surface area (Å²) in [5, 5.41) is 0. The van der Waals surface area contributed by atoms with Gasteiger partial charge in [0.05, 0.1) is 0 Å². The predicted molar refractivity (Wildman–Crippen MR) is 38.0 cm³/mol. The number of allylic oxidation sites excluding steroid dienone is 2. The molecule has 10 heavy (non-hydrogen) atoms. The third-order valence-electron chi connectivity index (χ3n) is 0.736. The van der Waals surface area contributed by atoms with Gasteiger partial charge in [-0.2, -0.15) is 8.42 Å². The molecule has 0 fully saturated rings. The van der Waals surface area contributed by atoms with E-state index < -0.39 is 10.3 Å². The zero-order valence-electron chi connectivity index (χ0n) is 5.73. The molecule has 0 spiro atoms. The minimum Gasteiger partial charge on any atom is -0.370 e. The maximum Gasteiger partial charge on any atom is 0.428 e. The third-order valence-corrected chi connectivity index (χ3v) is 1.59. The minimum atomic E-state index is -3.63. The van der Waals surface area contributed by atoms with E-state index in [9.17, 15) is 8.42 Å². The van der Waals surface area contributed by atoms with Gasteiger partial charge in [0.15, 0.2) is 0 Å². The first kappa shape index (κ1) is 10.8. The number of hydrogen-bond acceptors (Lipinski definition) is 3. The van der Waals surface area contributed by atoms with Crippen LogP contribution in [0.25, 0.3) is 0 Å². The van der Waals surface area contributed by atoms with E-state index >= 15 is 0 Å². The Morgan fingerprint density at radius 2 is 2.20 bits per heavy atom. The molecule has 4 nitrogen and oxygen atoms in total. The summed E-state index contributed by atoms with van der Waals surface area (Å²) in [4.78, 5) is 0. The standard InChI is InChI=1S/C4H5NO3S.K/c1-4-2-3-5-9(6,7)8-4;/h2-3H,1H3;. The molecule has 0 aromatic carbocycles. The van der Waals surface area contributed by atoms with E-state index in [0.717, 1.165) is 0 Å². The van der Waals surface area contributed by atoms with Gasteiger partial charge in [-0.25, -0.2) is 0 Å². The second kappa shape index (κ2) is 3.98. The Morgan fingerprint density at radius 1 is 1.60 bits per heavy atom. The fourth-order valence-corrected chi connectivity index (χ4v) is 1.07. The van der Waals surface area contributed by atoms with Gasteiger partial charge in [0.2, 0.25) is 0 Å². The van der Waals surface area contributed by atoms with Crippen LogP contribution in [0, 0.1) is 0 Å². The molecule has 1 radical (unpaired) electrons. The van der Waals surface area contributed by atoms with E-state index in [1.54, 1.807) is 6.92 Å². The van der Waals surface area contributed by atoms with Crippen LogP contribution in [0.5, 0.6) is 0 Å². The molecule has 1 aliphatic rings. The Labute approximate surface area is 102 Å². The molecule has 0 aliphatic carbocycles. The number of rotatable bonds is 0. The van der Waals surface area contributed by atoms with Gasteiger partial charge in [0.1, 0.15) is 5.76 Å². The van der Waals surface area contributed by atoms with Crippen LogP contribution < -0.4 is 0 Å². The normalized spacial score (nSPS) is 20.3. The van der Waals surface area contributed by atoms with Crippen molar-refractivity contribution in [2.24, 2.45) is 4.40 Å². The van der Waals surface area contributed by atoms with Crippen molar-refractivity contribution in [3.63, 3.8) is 0 Å². The van der Waals surface area contributed by atoms with E-state index in [2.05, 4.69) is 8.58 Å². The minimum absolute atomic E-state index is 0. The molecule has 1 rings (SSSR count). The molecule has 0 bridgehead atoms. The van der Waals surface area contributed by atoms with Gasteiger partial charge in [0.25, 0.3) is 0 Å². The predicted octanol–water partition coefficient (Wildman–Crippen LogP) is -0.145. The zero-order valence-corrected chi connectivity index (χ0v) is 9.67. The second-order valence-electron chi connectivity index (χ2n) is 1.54. The van der Waals surface area contributed by atoms with Crippen LogP contribution in [0.4, 0.5) is 0 Å². The largest absolute Gasteiger partial charge is 0.428 e. The Bertz CT molecular complexity index is 266. The Hall–Kier alpha value is 0.796. The summed E-state index contributed by atoms with van der Waals surface area (Å²) in [6, 6.07) is 0. The van der Waals surface area contributed by atoms with Crippen LogP contribution in [0.2, 0.25) is 0 Å². The van der Waals surface area contributed by atoms with E-state index in [0.29, 0.717) is 5.76 Å². The quantitative estimate of drug-likeness (QED) is 0.495. The summed E-state index contributed by atoms with van der Waals surface area (Å²) in [5.74, 6) is 0.338. The monoisotopic (exact) mass is 186 g/mol. The fraction of sp³-hybridized carbons (Fsp3) is 0.250. The van der Waals surface area contributed by atoms with Crippen molar-refractivity contribution in [2.75, 3.05) is 0 Å². The molecule has 0 saturated carbocycles. The van der Waals surface area contributed by atoms with Gasteiger partial charge in [-0.1, -0.05) is 0 Å². The molecule has 0 unspecified atom stereocenters. The van der Waals surface area contributed by atoms with Crippen molar-refractivity contribution >= 4 is 67.9 Å². The van der Waals surface area contributed by atoms with E-state index in [-0.39, 0.29) is 51.4 Å². The summed E-state index contributed by atoms with van der Waals surface area (Å²) in [5.41, 5.74) is 0.